The topological polar surface area (TPSA) is 38.0 Å². The summed E-state index contributed by atoms with van der Waals surface area (Å²) in [6, 6.07) is 7.80. The van der Waals surface area contributed by atoms with Gasteiger partial charge in [-0.2, -0.15) is 5.10 Å². The van der Waals surface area contributed by atoms with Gasteiger partial charge in [-0.1, -0.05) is 25.1 Å². The van der Waals surface area contributed by atoms with Crippen LogP contribution in [0, 0.1) is 3.57 Å². The van der Waals surface area contributed by atoms with Gasteiger partial charge in [0.1, 0.15) is 0 Å². The fourth-order valence-corrected chi connectivity index (χ4v) is 2.02. The second kappa shape index (κ2) is 4.97. The highest BCUT2D eigenvalue weighted by Gasteiger charge is 2.11. The molecule has 1 aromatic carbocycles. The van der Waals surface area contributed by atoms with Crippen molar-refractivity contribution >= 4 is 22.6 Å². The van der Waals surface area contributed by atoms with E-state index >= 15 is 0 Å². The summed E-state index contributed by atoms with van der Waals surface area (Å²) in [6.07, 6.45) is 4.02. The van der Waals surface area contributed by atoms with Crippen molar-refractivity contribution in [2.45, 2.75) is 19.4 Å². The Labute approximate surface area is 108 Å². The van der Waals surface area contributed by atoms with Gasteiger partial charge in [0.2, 0.25) is 0 Å². The Morgan fingerprint density at radius 3 is 2.81 bits per heavy atom. The zero-order valence-electron chi connectivity index (χ0n) is 8.97. The minimum atomic E-state index is -0.432. The molecule has 1 heterocycles. The zero-order valence-corrected chi connectivity index (χ0v) is 11.1. The number of para-hydroxylation sites is 1. The summed E-state index contributed by atoms with van der Waals surface area (Å²) in [5.41, 5.74) is 1.87. The largest absolute Gasteiger partial charge is 0.388 e. The highest BCUT2D eigenvalue weighted by molar-refractivity contribution is 14.1. The lowest BCUT2D eigenvalue weighted by Crippen LogP contribution is -2.04. The third-order valence-corrected chi connectivity index (χ3v) is 3.04. The molecule has 0 aliphatic heterocycles. The number of rotatable bonds is 3. The van der Waals surface area contributed by atoms with Gasteiger partial charge in [-0.15, -0.1) is 0 Å². The molecule has 0 saturated heterocycles. The third-order valence-electron chi connectivity index (χ3n) is 2.48. The van der Waals surface area contributed by atoms with Crippen LogP contribution in [-0.2, 0) is 0 Å². The van der Waals surface area contributed by atoms with Gasteiger partial charge in [0.05, 0.1) is 21.6 Å². The molecular weight excluding hydrogens is 315 g/mol. The van der Waals surface area contributed by atoms with E-state index in [0.29, 0.717) is 6.42 Å². The summed E-state index contributed by atoms with van der Waals surface area (Å²) < 4.78 is 2.88. The van der Waals surface area contributed by atoms with E-state index < -0.39 is 6.10 Å². The molecule has 3 nitrogen and oxygen atoms in total. The average Bonchev–Trinajstić information content (AvgIpc) is 2.75. The first-order chi connectivity index (χ1) is 7.72. The Balaban J connectivity index is 2.48. The summed E-state index contributed by atoms with van der Waals surface area (Å²) in [7, 11) is 0. The highest BCUT2D eigenvalue weighted by Crippen LogP contribution is 2.23. The van der Waals surface area contributed by atoms with Crippen LogP contribution in [0.4, 0.5) is 0 Å². The van der Waals surface area contributed by atoms with E-state index in [1.165, 1.54) is 0 Å². The number of aliphatic hydroxyl groups excluding tert-OH is 1. The van der Waals surface area contributed by atoms with E-state index in [-0.39, 0.29) is 0 Å². The molecule has 1 atom stereocenters. The van der Waals surface area contributed by atoms with Crippen molar-refractivity contribution in [1.29, 1.82) is 0 Å². The second-order valence-electron chi connectivity index (χ2n) is 3.59. The number of nitrogens with zero attached hydrogens (tertiary/aromatic N) is 2. The fraction of sp³-hybridized carbons (Fsp3) is 0.250. The number of halogens is 1. The molecule has 0 saturated carbocycles. The Kier molecular flexibility index (Phi) is 3.60. The van der Waals surface area contributed by atoms with Crippen molar-refractivity contribution in [2.24, 2.45) is 0 Å². The third kappa shape index (κ3) is 2.27. The second-order valence-corrected chi connectivity index (χ2v) is 4.83. The van der Waals surface area contributed by atoms with E-state index in [2.05, 4.69) is 27.7 Å². The van der Waals surface area contributed by atoms with E-state index in [1.807, 2.05) is 37.4 Å². The summed E-state index contributed by atoms with van der Waals surface area (Å²) in [5, 5.41) is 14.2. The molecule has 1 N–H and O–H groups in total. The van der Waals surface area contributed by atoms with E-state index in [4.69, 9.17) is 0 Å². The first kappa shape index (κ1) is 11.6. The van der Waals surface area contributed by atoms with Gasteiger partial charge in [0.25, 0.3) is 0 Å². The van der Waals surface area contributed by atoms with Gasteiger partial charge < -0.3 is 5.11 Å². The number of benzene rings is 1. The molecule has 0 unspecified atom stereocenters. The van der Waals surface area contributed by atoms with Crippen LogP contribution in [0.3, 0.4) is 0 Å². The fourth-order valence-electron chi connectivity index (χ4n) is 1.63. The van der Waals surface area contributed by atoms with Gasteiger partial charge in [-0.25, -0.2) is 4.68 Å². The molecule has 0 amide bonds. The van der Waals surface area contributed by atoms with Gasteiger partial charge >= 0.3 is 0 Å². The van der Waals surface area contributed by atoms with Crippen LogP contribution in [0.15, 0.2) is 36.7 Å². The van der Waals surface area contributed by atoms with Crippen LogP contribution >= 0.6 is 22.6 Å². The SMILES string of the molecule is CC[C@H](O)c1ccccc1-n1cc(I)cn1. The standard InChI is InChI=1S/C12H13IN2O/c1-2-12(16)10-5-3-4-6-11(10)15-8-9(13)7-14-15/h3-8,12,16H,2H2,1H3/t12-/m0/s1. The molecule has 4 heteroatoms. The van der Waals surface area contributed by atoms with Gasteiger partial charge in [0.15, 0.2) is 0 Å². The number of hydrogen-bond donors (Lipinski definition) is 1. The number of aliphatic hydroxyl groups is 1. The minimum absolute atomic E-state index is 0.432. The van der Waals surface area contributed by atoms with Gasteiger partial charge in [-0.3, -0.25) is 0 Å². The summed E-state index contributed by atoms with van der Waals surface area (Å²) in [6.45, 7) is 1.97. The van der Waals surface area contributed by atoms with Crippen molar-refractivity contribution in [3.8, 4) is 5.69 Å². The van der Waals surface area contributed by atoms with Gasteiger partial charge in [0, 0.05) is 11.8 Å². The first-order valence-corrected chi connectivity index (χ1v) is 6.27. The van der Waals surface area contributed by atoms with Crippen LogP contribution in [0.5, 0.6) is 0 Å². The summed E-state index contributed by atoms with van der Waals surface area (Å²) >= 11 is 2.22. The maximum absolute atomic E-state index is 9.94. The molecule has 1 aromatic heterocycles. The quantitative estimate of drug-likeness (QED) is 0.880. The van der Waals surface area contributed by atoms with Crippen molar-refractivity contribution in [1.82, 2.24) is 9.78 Å². The Morgan fingerprint density at radius 2 is 2.19 bits per heavy atom. The van der Waals surface area contributed by atoms with E-state index in [9.17, 15) is 5.11 Å². The predicted octanol–water partition coefficient (Wildman–Crippen LogP) is 2.92. The van der Waals surface area contributed by atoms with Crippen LogP contribution in [-0.4, -0.2) is 14.9 Å². The number of hydrogen-bond acceptors (Lipinski definition) is 2. The molecule has 0 bridgehead atoms. The highest BCUT2D eigenvalue weighted by atomic mass is 127. The zero-order chi connectivity index (χ0) is 11.5. The van der Waals surface area contributed by atoms with E-state index in [1.54, 1.807) is 10.9 Å². The van der Waals surface area contributed by atoms with Crippen LogP contribution in [0.1, 0.15) is 25.0 Å². The summed E-state index contributed by atoms with van der Waals surface area (Å²) in [4.78, 5) is 0. The molecule has 0 aliphatic rings. The van der Waals surface area contributed by atoms with Crippen molar-refractivity contribution in [2.75, 3.05) is 0 Å². The first-order valence-electron chi connectivity index (χ1n) is 5.20. The molecule has 2 aromatic rings. The molecular formula is C12H13IN2O. The maximum Gasteiger partial charge on any atom is 0.0808 e. The maximum atomic E-state index is 9.94. The van der Waals surface area contributed by atoms with Crippen molar-refractivity contribution in [3.63, 3.8) is 0 Å². The molecule has 2 rings (SSSR count). The smallest absolute Gasteiger partial charge is 0.0808 e. The van der Waals surface area contributed by atoms with Crippen LogP contribution in [0.25, 0.3) is 5.69 Å². The normalized spacial score (nSPS) is 12.7. The lowest BCUT2D eigenvalue weighted by Gasteiger charge is -2.13. The number of aromatic nitrogens is 2. The van der Waals surface area contributed by atoms with Gasteiger partial charge in [-0.05, 0) is 35.1 Å². The van der Waals surface area contributed by atoms with Crippen LogP contribution in [0.2, 0.25) is 0 Å². The molecule has 0 fully saturated rings. The van der Waals surface area contributed by atoms with Crippen molar-refractivity contribution in [3.05, 3.63) is 45.8 Å². The average molecular weight is 328 g/mol. The molecule has 16 heavy (non-hydrogen) atoms. The lowest BCUT2D eigenvalue weighted by molar-refractivity contribution is 0.173. The molecule has 0 aliphatic carbocycles. The predicted molar refractivity (Wildman–Crippen MR) is 71.5 cm³/mol. The van der Waals surface area contributed by atoms with Crippen molar-refractivity contribution < 1.29 is 5.11 Å². The minimum Gasteiger partial charge on any atom is -0.388 e. The lowest BCUT2D eigenvalue weighted by atomic mass is 10.1. The Hall–Kier alpha value is -0.880. The van der Waals surface area contributed by atoms with Crippen LogP contribution < -0.4 is 0 Å². The molecule has 84 valence electrons. The Bertz CT molecular complexity index is 481. The molecule has 0 radical (unpaired) electrons. The summed E-state index contributed by atoms with van der Waals surface area (Å²) in [5.74, 6) is 0. The monoisotopic (exact) mass is 328 g/mol. The Morgan fingerprint density at radius 1 is 1.44 bits per heavy atom. The van der Waals surface area contributed by atoms with E-state index in [0.717, 1.165) is 14.8 Å². The molecule has 0 spiro atoms.